The minimum atomic E-state index is -3.80. The molecule has 0 aliphatic carbocycles. The number of nitrogens with one attached hydrogen (secondary N) is 1. The van der Waals surface area contributed by atoms with Crippen molar-refractivity contribution in [1.82, 2.24) is 9.62 Å². The van der Waals surface area contributed by atoms with Crippen LogP contribution in [0, 0.1) is 6.92 Å². The predicted octanol–water partition coefficient (Wildman–Crippen LogP) is 0.204. The average Bonchev–Trinajstić information content (AvgIpc) is 2.63. The Bertz CT molecular complexity index is 684. The summed E-state index contributed by atoms with van der Waals surface area (Å²) < 4.78 is 26.2. The van der Waals surface area contributed by atoms with Gasteiger partial charge < -0.3 is 10.4 Å². The van der Waals surface area contributed by atoms with Gasteiger partial charge in [-0.05, 0) is 24.6 Å². The molecular formula is C13H16N2O5S. The van der Waals surface area contributed by atoms with E-state index in [1.807, 2.05) is 0 Å². The number of nitrogens with zero attached hydrogens (tertiary/aromatic N) is 1. The summed E-state index contributed by atoms with van der Waals surface area (Å²) in [5, 5.41) is 11.7. The lowest BCUT2D eigenvalue weighted by molar-refractivity contribution is -0.120. The minimum Gasteiger partial charge on any atom is -0.478 e. The van der Waals surface area contributed by atoms with Crippen LogP contribution in [0.3, 0.4) is 0 Å². The first-order chi connectivity index (χ1) is 9.82. The Kier molecular flexibility index (Phi) is 4.29. The van der Waals surface area contributed by atoms with Crippen LogP contribution in [-0.4, -0.2) is 49.3 Å². The van der Waals surface area contributed by atoms with E-state index in [2.05, 4.69) is 5.32 Å². The number of carboxylic acids is 1. The van der Waals surface area contributed by atoms with Gasteiger partial charge in [0.05, 0.1) is 10.5 Å². The number of hydrogen-bond donors (Lipinski definition) is 2. The van der Waals surface area contributed by atoms with E-state index in [-0.39, 0.29) is 42.4 Å². The van der Waals surface area contributed by atoms with Crippen LogP contribution in [0.25, 0.3) is 0 Å². The fourth-order valence-electron chi connectivity index (χ4n) is 2.13. The zero-order valence-corrected chi connectivity index (χ0v) is 12.3. The molecule has 0 saturated carbocycles. The van der Waals surface area contributed by atoms with Crippen LogP contribution in [0.5, 0.6) is 0 Å². The Labute approximate surface area is 122 Å². The second-order valence-electron chi connectivity index (χ2n) is 4.79. The van der Waals surface area contributed by atoms with Gasteiger partial charge in [0.25, 0.3) is 0 Å². The van der Waals surface area contributed by atoms with E-state index in [4.69, 9.17) is 5.11 Å². The number of carbonyl (C=O) groups excluding carboxylic acids is 1. The van der Waals surface area contributed by atoms with Gasteiger partial charge in [0.15, 0.2) is 0 Å². The summed E-state index contributed by atoms with van der Waals surface area (Å²) in [5.74, 6) is -1.36. The maximum absolute atomic E-state index is 12.5. The van der Waals surface area contributed by atoms with Gasteiger partial charge in [0, 0.05) is 26.1 Å². The number of carbonyl (C=O) groups is 2. The molecule has 2 N–H and O–H groups in total. The van der Waals surface area contributed by atoms with Gasteiger partial charge in [-0.15, -0.1) is 0 Å². The molecule has 1 fully saturated rings. The molecule has 1 aliphatic rings. The smallest absolute Gasteiger partial charge is 0.335 e. The molecule has 2 rings (SSSR count). The van der Waals surface area contributed by atoms with Crippen LogP contribution >= 0.6 is 0 Å². The molecule has 1 aliphatic heterocycles. The van der Waals surface area contributed by atoms with Gasteiger partial charge in [0.2, 0.25) is 15.9 Å². The fourth-order valence-corrected chi connectivity index (χ4v) is 3.60. The third-order valence-electron chi connectivity index (χ3n) is 3.35. The first-order valence-electron chi connectivity index (χ1n) is 6.43. The highest BCUT2D eigenvalue weighted by Gasteiger charge is 2.27. The van der Waals surface area contributed by atoms with Crippen molar-refractivity contribution in [3.63, 3.8) is 0 Å². The molecule has 7 nitrogen and oxygen atoms in total. The Balaban J connectivity index is 2.37. The molecule has 0 spiro atoms. The van der Waals surface area contributed by atoms with E-state index in [0.29, 0.717) is 5.56 Å². The molecule has 0 radical (unpaired) electrons. The molecule has 8 heteroatoms. The molecule has 1 aromatic carbocycles. The second-order valence-corrected chi connectivity index (χ2v) is 6.72. The highest BCUT2D eigenvalue weighted by atomic mass is 32.2. The molecule has 1 heterocycles. The second kappa shape index (κ2) is 5.82. The standard InChI is InChI=1S/C13H16N2O5S/c1-9-2-3-10(8-11(9)13(17)18)21(19,20)15-6-4-12(16)14-5-7-15/h2-3,8H,4-7H2,1H3,(H,14,16)(H,17,18). The summed E-state index contributed by atoms with van der Waals surface area (Å²) in [7, 11) is -3.80. The summed E-state index contributed by atoms with van der Waals surface area (Å²) in [6.07, 6.45) is 0.0941. The Hall–Kier alpha value is -1.93. The fraction of sp³-hybridized carbons (Fsp3) is 0.385. The minimum absolute atomic E-state index is 0.0416. The number of aryl methyl sites for hydroxylation is 1. The maximum Gasteiger partial charge on any atom is 0.335 e. The van der Waals surface area contributed by atoms with Crippen LogP contribution in [0.4, 0.5) is 0 Å². The highest BCUT2D eigenvalue weighted by molar-refractivity contribution is 7.89. The zero-order valence-electron chi connectivity index (χ0n) is 11.5. The first kappa shape index (κ1) is 15.5. The Morgan fingerprint density at radius 2 is 2.05 bits per heavy atom. The SMILES string of the molecule is Cc1ccc(S(=O)(=O)N2CCNC(=O)CC2)cc1C(=O)O. The number of rotatable bonds is 3. The van der Waals surface area contributed by atoms with Gasteiger partial charge in [-0.2, -0.15) is 4.31 Å². The van der Waals surface area contributed by atoms with Crippen molar-refractivity contribution in [2.75, 3.05) is 19.6 Å². The number of sulfonamides is 1. The average molecular weight is 312 g/mol. The normalized spacial score (nSPS) is 17.1. The van der Waals surface area contributed by atoms with E-state index < -0.39 is 16.0 Å². The van der Waals surface area contributed by atoms with Crippen molar-refractivity contribution >= 4 is 21.9 Å². The molecule has 0 atom stereocenters. The topological polar surface area (TPSA) is 104 Å². The number of aromatic carboxylic acids is 1. The molecule has 0 aromatic heterocycles. The lowest BCUT2D eigenvalue weighted by Gasteiger charge is -2.19. The molecule has 1 amide bonds. The van der Waals surface area contributed by atoms with Gasteiger partial charge in [-0.1, -0.05) is 6.07 Å². The van der Waals surface area contributed by atoms with Gasteiger partial charge in [-0.3, -0.25) is 4.79 Å². The van der Waals surface area contributed by atoms with Crippen LogP contribution < -0.4 is 5.32 Å². The number of carboxylic acid groups (broad SMARTS) is 1. The highest BCUT2D eigenvalue weighted by Crippen LogP contribution is 2.20. The van der Waals surface area contributed by atoms with E-state index >= 15 is 0 Å². The predicted molar refractivity (Wildman–Crippen MR) is 74.5 cm³/mol. The van der Waals surface area contributed by atoms with E-state index in [1.165, 1.54) is 16.4 Å². The molecule has 114 valence electrons. The molecule has 1 saturated heterocycles. The quantitative estimate of drug-likeness (QED) is 0.830. The van der Waals surface area contributed by atoms with Crippen molar-refractivity contribution in [3.8, 4) is 0 Å². The summed E-state index contributed by atoms with van der Waals surface area (Å²) in [6.45, 7) is 2.11. The van der Waals surface area contributed by atoms with Crippen molar-refractivity contribution in [3.05, 3.63) is 29.3 Å². The van der Waals surface area contributed by atoms with Crippen LogP contribution in [0.2, 0.25) is 0 Å². The van der Waals surface area contributed by atoms with Crippen LogP contribution in [0.15, 0.2) is 23.1 Å². The third kappa shape index (κ3) is 3.22. The van der Waals surface area contributed by atoms with E-state index in [0.717, 1.165) is 6.07 Å². The summed E-state index contributed by atoms with van der Waals surface area (Å²) in [4.78, 5) is 22.3. The van der Waals surface area contributed by atoms with Crippen LogP contribution in [-0.2, 0) is 14.8 Å². The monoisotopic (exact) mass is 312 g/mol. The first-order valence-corrected chi connectivity index (χ1v) is 7.87. The number of benzene rings is 1. The lowest BCUT2D eigenvalue weighted by atomic mass is 10.1. The van der Waals surface area contributed by atoms with Crippen molar-refractivity contribution in [1.29, 1.82) is 0 Å². The largest absolute Gasteiger partial charge is 0.478 e. The number of hydrogen-bond acceptors (Lipinski definition) is 4. The van der Waals surface area contributed by atoms with Crippen molar-refractivity contribution in [2.45, 2.75) is 18.2 Å². The van der Waals surface area contributed by atoms with Crippen molar-refractivity contribution in [2.24, 2.45) is 0 Å². The molecule has 0 unspecified atom stereocenters. The summed E-state index contributed by atoms with van der Waals surface area (Å²) >= 11 is 0. The van der Waals surface area contributed by atoms with Gasteiger partial charge >= 0.3 is 5.97 Å². The Morgan fingerprint density at radius 3 is 2.71 bits per heavy atom. The molecular weight excluding hydrogens is 296 g/mol. The molecule has 21 heavy (non-hydrogen) atoms. The van der Waals surface area contributed by atoms with E-state index in [1.54, 1.807) is 6.92 Å². The molecule has 1 aromatic rings. The number of amides is 1. The van der Waals surface area contributed by atoms with Gasteiger partial charge in [0.1, 0.15) is 0 Å². The van der Waals surface area contributed by atoms with E-state index in [9.17, 15) is 18.0 Å². The molecule has 0 bridgehead atoms. The van der Waals surface area contributed by atoms with Gasteiger partial charge in [-0.25, -0.2) is 13.2 Å². The maximum atomic E-state index is 12.5. The lowest BCUT2D eigenvalue weighted by Crippen LogP contribution is -2.34. The Morgan fingerprint density at radius 1 is 1.33 bits per heavy atom. The summed E-state index contributed by atoms with van der Waals surface area (Å²) in [6, 6.07) is 4.02. The third-order valence-corrected chi connectivity index (χ3v) is 5.24. The summed E-state index contributed by atoms with van der Waals surface area (Å²) in [5.41, 5.74) is 0.453. The van der Waals surface area contributed by atoms with Crippen molar-refractivity contribution < 1.29 is 23.1 Å². The van der Waals surface area contributed by atoms with Crippen LogP contribution in [0.1, 0.15) is 22.3 Å². The zero-order chi connectivity index (χ0) is 15.6.